The van der Waals surface area contributed by atoms with Gasteiger partial charge in [-0.25, -0.2) is 0 Å². The molecule has 1 aliphatic heterocycles. The van der Waals surface area contributed by atoms with E-state index in [9.17, 15) is 4.79 Å². The molecule has 0 spiro atoms. The Kier molecular flexibility index (Phi) is 2.27. The third kappa shape index (κ3) is 1.48. The van der Waals surface area contributed by atoms with Crippen molar-refractivity contribution in [2.24, 2.45) is 0 Å². The molecule has 0 aromatic heterocycles. The van der Waals surface area contributed by atoms with Crippen LogP contribution < -0.4 is 0 Å². The highest BCUT2D eigenvalue weighted by Crippen LogP contribution is 2.08. The smallest absolute Gasteiger partial charge is 0.251 e. The fourth-order valence-corrected chi connectivity index (χ4v) is 1.20. The Balaban J connectivity index is 2.40. The van der Waals surface area contributed by atoms with Crippen LogP contribution in [0.5, 0.6) is 0 Å². The Labute approximate surface area is 60.6 Å². The van der Waals surface area contributed by atoms with Crippen molar-refractivity contribution >= 4 is 5.91 Å². The molecule has 0 aliphatic carbocycles. The van der Waals surface area contributed by atoms with Crippen molar-refractivity contribution in [3.8, 4) is 0 Å². The average molecular weight is 143 g/mol. The third-order valence-corrected chi connectivity index (χ3v) is 1.78. The van der Waals surface area contributed by atoms with Gasteiger partial charge < -0.3 is 10.0 Å². The summed E-state index contributed by atoms with van der Waals surface area (Å²) in [6.45, 7) is 3.16. The molecule has 3 nitrogen and oxygen atoms in total. The first-order valence-electron chi connectivity index (χ1n) is 3.68. The number of aliphatic hydroxyl groups is 1. The van der Waals surface area contributed by atoms with Crippen LogP contribution in [0.4, 0.5) is 0 Å². The lowest BCUT2D eigenvalue weighted by Crippen LogP contribution is -2.35. The van der Waals surface area contributed by atoms with Crippen molar-refractivity contribution in [2.75, 3.05) is 13.1 Å². The van der Waals surface area contributed by atoms with E-state index in [1.807, 2.05) is 0 Å². The standard InChI is InChI=1S/C7H13NO2/c1-6(9)7(10)8-4-2-3-5-8/h6,9H,2-5H2,1H3/t6-/m1/s1. The first-order chi connectivity index (χ1) is 4.72. The second kappa shape index (κ2) is 3.01. The quantitative estimate of drug-likeness (QED) is 0.561. The van der Waals surface area contributed by atoms with Gasteiger partial charge in [0, 0.05) is 13.1 Å². The summed E-state index contributed by atoms with van der Waals surface area (Å²) in [4.78, 5) is 12.7. The Morgan fingerprint density at radius 1 is 1.50 bits per heavy atom. The van der Waals surface area contributed by atoms with Crippen LogP contribution in [0.2, 0.25) is 0 Å². The molecule has 1 fully saturated rings. The zero-order chi connectivity index (χ0) is 7.56. The summed E-state index contributed by atoms with van der Waals surface area (Å²) in [7, 11) is 0. The molecule has 1 saturated heterocycles. The second-order valence-electron chi connectivity index (χ2n) is 2.71. The van der Waals surface area contributed by atoms with Gasteiger partial charge in [0.2, 0.25) is 0 Å². The van der Waals surface area contributed by atoms with Crippen LogP contribution in [0.3, 0.4) is 0 Å². The minimum absolute atomic E-state index is 0.127. The Bertz CT molecular complexity index is 128. The van der Waals surface area contributed by atoms with E-state index in [1.54, 1.807) is 4.90 Å². The van der Waals surface area contributed by atoms with E-state index >= 15 is 0 Å². The number of aliphatic hydroxyl groups excluding tert-OH is 1. The second-order valence-corrected chi connectivity index (χ2v) is 2.71. The van der Waals surface area contributed by atoms with Gasteiger partial charge in [-0.05, 0) is 19.8 Å². The highest BCUT2D eigenvalue weighted by molar-refractivity contribution is 5.80. The van der Waals surface area contributed by atoms with Gasteiger partial charge in [0.1, 0.15) is 6.10 Å². The summed E-state index contributed by atoms with van der Waals surface area (Å²) >= 11 is 0. The van der Waals surface area contributed by atoms with Crippen molar-refractivity contribution in [3.63, 3.8) is 0 Å². The number of hydrogen-bond donors (Lipinski definition) is 1. The molecule has 0 aromatic carbocycles. The summed E-state index contributed by atoms with van der Waals surface area (Å²) in [5.74, 6) is -0.127. The van der Waals surface area contributed by atoms with E-state index in [1.165, 1.54) is 6.92 Å². The zero-order valence-electron chi connectivity index (χ0n) is 6.21. The molecule has 1 rings (SSSR count). The molecule has 0 aromatic rings. The molecule has 0 unspecified atom stereocenters. The topological polar surface area (TPSA) is 40.5 Å². The summed E-state index contributed by atoms with van der Waals surface area (Å²) in [6, 6.07) is 0. The van der Waals surface area contributed by atoms with Crippen LogP contribution in [0.1, 0.15) is 19.8 Å². The Hall–Kier alpha value is -0.570. The highest BCUT2D eigenvalue weighted by Gasteiger charge is 2.20. The molecule has 1 aliphatic rings. The van der Waals surface area contributed by atoms with Gasteiger partial charge >= 0.3 is 0 Å². The molecule has 3 heteroatoms. The SMILES string of the molecule is C[C@@H](O)C(=O)N1CCCC1. The van der Waals surface area contributed by atoms with Gasteiger partial charge in [0.05, 0.1) is 0 Å². The minimum atomic E-state index is -0.821. The minimum Gasteiger partial charge on any atom is -0.384 e. The molecule has 1 N–H and O–H groups in total. The van der Waals surface area contributed by atoms with Crippen molar-refractivity contribution in [1.29, 1.82) is 0 Å². The van der Waals surface area contributed by atoms with Crippen LogP contribution in [0.15, 0.2) is 0 Å². The first-order valence-corrected chi connectivity index (χ1v) is 3.68. The van der Waals surface area contributed by atoms with Crippen LogP contribution in [0.25, 0.3) is 0 Å². The van der Waals surface area contributed by atoms with Crippen LogP contribution >= 0.6 is 0 Å². The molecule has 10 heavy (non-hydrogen) atoms. The number of nitrogens with zero attached hydrogens (tertiary/aromatic N) is 1. The van der Waals surface area contributed by atoms with Crippen LogP contribution in [0, 0.1) is 0 Å². The molecular weight excluding hydrogens is 130 g/mol. The normalized spacial score (nSPS) is 21.2. The predicted octanol–water partition coefficient (Wildman–Crippen LogP) is -0.0104. The maximum Gasteiger partial charge on any atom is 0.251 e. The van der Waals surface area contributed by atoms with Crippen molar-refractivity contribution in [1.82, 2.24) is 4.90 Å². The van der Waals surface area contributed by atoms with E-state index in [4.69, 9.17) is 5.11 Å². The van der Waals surface area contributed by atoms with Gasteiger partial charge in [0.15, 0.2) is 0 Å². The number of carbonyl (C=O) groups excluding carboxylic acids is 1. The molecule has 58 valence electrons. The fraction of sp³-hybridized carbons (Fsp3) is 0.857. The van der Waals surface area contributed by atoms with Gasteiger partial charge in [-0.15, -0.1) is 0 Å². The summed E-state index contributed by atoms with van der Waals surface area (Å²) in [5, 5.41) is 8.89. The average Bonchev–Trinajstić information content (AvgIpc) is 2.36. The number of likely N-dealkylation sites (tertiary alicyclic amines) is 1. The largest absolute Gasteiger partial charge is 0.384 e. The number of rotatable bonds is 1. The van der Waals surface area contributed by atoms with E-state index in [0.717, 1.165) is 25.9 Å². The maximum absolute atomic E-state index is 11.0. The fourth-order valence-electron chi connectivity index (χ4n) is 1.20. The van der Waals surface area contributed by atoms with Crippen molar-refractivity contribution in [2.45, 2.75) is 25.9 Å². The predicted molar refractivity (Wildman–Crippen MR) is 37.5 cm³/mol. The molecule has 1 heterocycles. The zero-order valence-corrected chi connectivity index (χ0v) is 6.21. The molecule has 1 atom stereocenters. The summed E-state index contributed by atoms with van der Waals surface area (Å²) in [5.41, 5.74) is 0. The van der Waals surface area contributed by atoms with Gasteiger partial charge in [-0.2, -0.15) is 0 Å². The van der Waals surface area contributed by atoms with E-state index in [0.29, 0.717) is 0 Å². The van der Waals surface area contributed by atoms with E-state index < -0.39 is 6.10 Å². The van der Waals surface area contributed by atoms with Gasteiger partial charge in [0.25, 0.3) is 5.91 Å². The molecule has 0 bridgehead atoms. The molecular formula is C7H13NO2. The summed E-state index contributed by atoms with van der Waals surface area (Å²) < 4.78 is 0. The lowest BCUT2D eigenvalue weighted by molar-refractivity contribution is -0.138. The lowest BCUT2D eigenvalue weighted by Gasteiger charge is -2.16. The monoisotopic (exact) mass is 143 g/mol. The van der Waals surface area contributed by atoms with Gasteiger partial charge in [-0.1, -0.05) is 0 Å². The van der Waals surface area contributed by atoms with Crippen LogP contribution in [-0.2, 0) is 4.79 Å². The van der Waals surface area contributed by atoms with E-state index in [-0.39, 0.29) is 5.91 Å². The highest BCUT2D eigenvalue weighted by atomic mass is 16.3. The molecule has 0 saturated carbocycles. The third-order valence-electron chi connectivity index (χ3n) is 1.78. The summed E-state index contributed by atoms with van der Waals surface area (Å²) in [6.07, 6.45) is 1.34. The van der Waals surface area contributed by atoms with E-state index in [2.05, 4.69) is 0 Å². The number of hydrogen-bond acceptors (Lipinski definition) is 2. The number of carbonyl (C=O) groups is 1. The molecule has 1 amide bonds. The maximum atomic E-state index is 11.0. The van der Waals surface area contributed by atoms with Crippen LogP contribution in [-0.4, -0.2) is 35.1 Å². The first kappa shape index (κ1) is 7.54. The van der Waals surface area contributed by atoms with Crippen molar-refractivity contribution in [3.05, 3.63) is 0 Å². The number of amides is 1. The Morgan fingerprint density at radius 2 is 2.00 bits per heavy atom. The Morgan fingerprint density at radius 3 is 2.40 bits per heavy atom. The lowest BCUT2D eigenvalue weighted by atomic mass is 10.3. The molecule has 0 radical (unpaired) electrons. The van der Waals surface area contributed by atoms with Gasteiger partial charge in [-0.3, -0.25) is 4.79 Å². The van der Waals surface area contributed by atoms with Crippen molar-refractivity contribution < 1.29 is 9.90 Å².